The molecule has 0 unspecified atom stereocenters. The summed E-state index contributed by atoms with van der Waals surface area (Å²) in [5.74, 6) is 1.57. The molecule has 0 spiro atoms. The summed E-state index contributed by atoms with van der Waals surface area (Å²) in [6.45, 7) is 0. The van der Waals surface area contributed by atoms with Crippen LogP contribution in [-0.4, -0.2) is 48.2 Å². The molecule has 15 rings (SSSR count). The average molecular weight is 897 g/mol. The van der Waals surface area contributed by atoms with Gasteiger partial charge in [-0.3, -0.25) is 19.5 Å². The molecule has 8 aromatic heterocycles. The first-order valence-electron chi connectivity index (χ1n) is 23.3. The Morgan fingerprint density at radius 1 is 0.271 bits per heavy atom. The number of nitrogens with zero attached hydrogens (tertiary/aromatic N) is 10. The number of pyridine rings is 3. The van der Waals surface area contributed by atoms with Crippen LogP contribution in [0.15, 0.2) is 219 Å². The van der Waals surface area contributed by atoms with Gasteiger partial charge in [-0.1, -0.05) is 121 Å². The van der Waals surface area contributed by atoms with Crippen LogP contribution in [0.25, 0.3) is 133 Å². The molecule has 0 aliphatic heterocycles. The molecule has 70 heavy (non-hydrogen) atoms. The second-order valence-electron chi connectivity index (χ2n) is 17.6. The summed E-state index contributed by atoms with van der Waals surface area (Å²) >= 11 is 0. The molecule has 0 saturated heterocycles. The van der Waals surface area contributed by atoms with E-state index in [1.54, 1.807) is 0 Å². The van der Waals surface area contributed by atoms with Crippen LogP contribution in [0, 0.1) is 0 Å². The zero-order valence-corrected chi connectivity index (χ0v) is 37.3. The van der Waals surface area contributed by atoms with Crippen LogP contribution in [0.2, 0.25) is 0 Å². The molecular weight excluding hydrogens is 861 g/mol. The minimum atomic E-state index is 0.506. The van der Waals surface area contributed by atoms with Crippen LogP contribution in [0.3, 0.4) is 0 Å². The summed E-state index contributed by atoms with van der Waals surface area (Å²) in [6, 6.07) is 63.7. The summed E-state index contributed by atoms with van der Waals surface area (Å²) in [7, 11) is 0. The normalized spacial score (nSPS) is 12.0. The number of fused-ring (bicyclic) bond motifs is 12. The van der Waals surface area contributed by atoms with Crippen LogP contribution >= 0.6 is 0 Å². The van der Waals surface area contributed by atoms with Gasteiger partial charge in [-0.2, -0.15) is 9.97 Å². The fourth-order valence-electron chi connectivity index (χ4n) is 11.0. The Labute approximate surface area is 398 Å². The van der Waals surface area contributed by atoms with Crippen molar-refractivity contribution in [3.8, 4) is 45.8 Å². The lowest BCUT2D eigenvalue weighted by molar-refractivity contribution is 0.949. The van der Waals surface area contributed by atoms with Crippen LogP contribution < -0.4 is 0 Å². The van der Waals surface area contributed by atoms with Crippen molar-refractivity contribution in [2.24, 2.45) is 0 Å². The van der Waals surface area contributed by atoms with E-state index in [0.29, 0.717) is 17.6 Å². The smallest absolute Gasteiger partial charge is 0.238 e. The van der Waals surface area contributed by atoms with E-state index >= 15 is 0 Å². The van der Waals surface area contributed by atoms with Crippen molar-refractivity contribution in [1.82, 2.24) is 48.2 Å². The zero-order chi connectivity index (χ0) is 45.9. The number of rotatable bonds is 6. The molecule has 10 nitrogen and oxygen atoms in total. The SMILES string of the molecule is c1ccc(-c2nc(-c3ccc(-n4c5ccccc5c5ccncc54)c(-n4c5ccccc5c5ccncc54)c3-n3c4ccccc4c4ccncc43)nc(-n3c4ccccc4c4ccccc43)n2)cc1. The maximum atomic E-state index is 5.62. The molecule has 7 aromatic carbocycles. The Bertz CT molecular complexity index is 4400. The molecule has 15 aromatic rings. The van der Waals surface area contributed by atoms with Crippen molar-refractivity contribution >= 4 is 87.2 Å². The number of hydrogen-bond acceptors (Lipinski definition) is 6. The lowest BCUT2D eigenvalue weighted by Gasteiger charge is -2.24. The minimum Gasteiger partial charge on any atom is -0.306 e. The second-order valence-corrected chi connectivity index (χ2v) is 17.6. The van der Waals surface area contributed by atoms with Gasteiger partial charge in [-0.15, -0.1) is 0 Å². The highest BCUT2D eigenvalue weighted by molar-refractivity contribution is 6.14. The lowest BCUT2D eigenvalue weighted by Crippen LogP contribution is -2.12. The molecule has 0 fully saturated rings. The first-order valence-corrected chi connectivity index (χ1v) is 23.3. The minimum absolute atomic E-state index is 0.506. The molecule has 0 bridgehead atoms. The molecule has 326 valence electrons. The second kappa shape index (κ2) is 14.9. The van der Waals surface area contributed by atoms with Crippen LogP contribution in [0.1, 0.15) is 0 Å². The molecular formula is C60H36N10. The maximum absolute atomic E-state index is 5.62. The molecule has 0 N–H and O–H groups in total. The van der Waals surface area contributed by atoms with Crippen molar-refractivity contribution in [3.63, 3.8) is 0 Å². The molecule has 0 amide bonds. The van der Waals surface area contributed by atoms with E-state index in [2.05, 4.69) is 182 Å². The molecule has 0 aliphatic carbocycles. The largest absolute Gasteiger partial charge is 0.306 e. The summed E-state index contributed by atoms with van der Waals surface area (Å²) in [6.07, 6.45) is 11.5. The van der Waals surface area contributed by atoms with Gasteiger partial charge in [0.15, 0.2) is 11.6 Å². The Morgan fingerprint density at radius 3 is 1.16 bits per heavy atom. The highest BCUT2D eigenvalue weighted by atomic mass is 15.2. The van der Waals surface area contributed by atoms with Gasteiger partial charge in [0.1, 0.15) is 0 Å². The molecule has 0 aliphatic rings. The van der Waals surface area contributed by atoms with Crippen molar-refractivity contribution < 1.29 is 0 Å². The van der Waals surface area contributed by atoms with Crippen molar-refractivity contribution in [2.45, 2.75) is 0 Å². The van der Waals surface area contributed by atoms with Gasteiger partial charge < -0.3 is 13.7 Å². The number of aromatic nitrogens is 10. The van der Waals surface area contributed by atoms with Crippen LogP contribution in [-0.2, 0) is 0 Å². The van der Waals surface area contributed by atoms with E-state index in [1.165, 1.54) is 0 Å². The Morgan fingerprint density at radius 2 is 0.657 bits per heavy atom. The van der Waals surface area contributed by atoms with Gasteiger partial charge in [0.05, 0.1) is 79.8 Å². The Balaban J connectivity index is 1.18. The summed E-state index contributed by atoms with van der Waals surface area (Å²) < 4.78 is 9.27. The fraction of sp³-hybridized carbons (Fsp3) is 0. The van der Waals surface area contributed by atoms with Crippen LogP contribution in [0.4, 0.5) is 0 Å². The van der Waals surface area contributed by atoms with E-state index in [1.807, 2.05) is 55.4 Å². The highest BCUT2D eigenvalue weighted by Gasteiger charge is 2.29. The van der Waals surface area contributed by atoms with Gasteiger partial charge in [0.2, 0.25) is 5.95 Å². The zero-order valence-electron chi connectivity index (χ0n) is 37.3. The molecule has 10 heteroatoms. The summed E-state index contributed by atoms with van der Waals surface area (Å²) in [5, 5.41) is 8.83. The van der Waals surface area contributed by atoms with Crippen molar-refractivity contribution in [3.05, 3.63) is 219 Å². The fourth-order valence-corrected chi connectivity index (χ4v) is 11.0. The summed E-state index contributed by atoms with van der Waals surface area (Å²) in [4.78, 5) is 30.8. The van der Waals surface area contributed by atoms with Gasteiger partial charge >= 0.3 is 0 Å². The van der Waals surface area contributed by atoms with Gasteiger partial charge in [0, 0.05) is 72.8 Å². The van der Waals surface area contributed by atoms with E-state index < -0.39 is 0 Å². The van der Waals surface area contributed by atoms with E-state index in [0.717, 1.165) is 115 Å². The predicted molar refractivity (Wildman–Crippen MR) is 281 cm³/mol. The topological polar surface area (TPSA) is 97.1 Å². The third-order valence-corrected chi connectivity index (χ3v) is 13.9. The third-order valence-electron chi connectivity index (χ3n) is 13.9. The number of benzene rings is 7. The highest BCUT2D eigenvalue weighted by Crippen LogP contribution is 2.46. The Kier molecular flexibility index (Phi) is 8.13. The quantitative estimate of drug-likeness (QED) is 0.165. The molecule has 0 radical (unpaired) electrons. The monoisotopic (exact) mass is 896 g/mol. The molecule has 0 saturated carbocycles. The van der Waals surface area contributed by atoms with Crippen molar-refractivity contribution in [1.29, 1.82) is 0 Å². The van der Waals surface area contributed by atoms with E-state index in [4.69, 9.17) is 29.9 Å². The van der Waals surface area contributed by atoms with Gasteiger partial charge in [-0.05, 0) is 60.7 Å². The van der Waals surface area contributed by atoms with Gasteiger partial charge in [-0.25, -0.2) is 4.98 Å². The number of para-hydroxylation sites is 5. The predicted octanol–water partition coefficient (Wildman–Crippen LogP) is 13.8. The summed E-state index contributed by atoms with van der Waals surface area (Å²) in [5.41, 5.74) is 12.3. The van der Waals surface area contributed by atoms with Crippen molar-refractivity contribution in [2.75, 3.05) is 0 Å². The first-order chi connectivity index (χ1) is 34.8. The van der Waals surface area contributed by atoms with Crippen LogP contribution in [0.5, 0.6) is 0 Å². The lowest BCUT2D eigenvalue weighted by atomic mass is 10.1. The first kappa shape index (κ1) is 38.3. The van der Waals surface area contributed by atoms with E-state index in [9.17, 15) is 0 Å². The van der Waals surface area contributed by atoms with Gasteiger partial charge in [0.25, 0.3) is 0 Å². The molecule has 8 heterocycles. The molecule has 0 atom stereocenters. The standard InChI is InChI=1S/C60H36N10/c1-2-14-37(15-3-1)58-64-59(66-60(65-58)70-50-24-12-7-16-38(50)39-17-8-13-25-51(39)70)46-26-27-52(67-47-21-9-4-18-40(47)43-28-31-61-34-53(43)67)57(69-49-23-11-6-20-42(49)45-30-33-63-36-55(45)69)56(46)68-48-22-10-5-19-41(48)44-29-32-62-35-54(44)68/h1-36H. The number of hydrogen-bond donors (Lipinski definition) is 0. The van der Waals surface area contributed by atoms with E-state index in [-0.39, 0.29) is 0 Å². The maximum Gasteiger partial charge on any atom is 0.238 e. The Hall–Kier alpha value is -9.80. The average Bonchev–Trinajstić information content (AvgIpc) is 4.16. The third kappa shape index (κ3) is 5.43.